The summed E-state index contributed by atoms with van der Waals surface area (Å²) in [5.74, 6) is 0.787. The van der Waals surface area contributed by atoms with E-state index < -0.39 is 0 Å². The number of hydrogen-bond acceptors (Lipinski definition) is 2. The van der Waals surface area contributed by atoms with Gasteiger partial charge in [0, 0.05) is 12.1 Å². The minimum absolute atomic E-state index is 0.0125. The summed E-state index contributed by atoms with van der Waals surface area (Å²) in [4.78, 5) is 11.7. The van der Waals surface area contributed by atoms with Crippen LogP contribution in [0.1, 0.15) is 30.1 Å². The van der Waals surface area contributed by atoms with Crippen LogP contribution in [-0.4, -0.2) is 23.5 Å². The second-order valence-electron chi connectivity index (χ2n) is 3.61. The predicted molar refractivity (Wildman–Crippen MR) is 78.1 cm³/mol. The standard InChI is InChI=1S/C13H18INO2/c1-2-17-12-7-5-11(6-8-12)13(16)15-10-4-3-9-14/h5-8H,2-4,9-10H2,1H3,(H,15,16). The third-order valence-electron chi connectivity index (χ3n) is 2.27. The number of amides is 1. The minimum Gasteiger partial charge on any atom is -0.494 e. The largest absolute Gasteiger partial charge is 0.494 e. The van der Waals surface area contributed by atoms with E-state index in [1.165, 1.54) is 0 Å². The van der Waals surface area contributed by atoms with Crippen molar-refractivity contribution < 1.29 is 9.53 Å². The maximum absolute atomic E-state index is 11.7. The molecule has 0 fully saturated rings. The molecular formula is C13H18INO2. The average molecular weight is 347 g/mol. The number of benzene rings is 1. The maximum atomic E-state index is 11.7. The first-order valence-electron chi connectivity index (χ1n) is 5.85. The first-order valence-corrected chi connectivity index (χ1v) is 7.37. The second kappa shape index (κ2) is 8.33. The third kappa shape index (κ3) is 5.39. The van der Waals surface area contributed by atoms with Gasteiger partial charge < -0.3 is 10.1 Å². The van der Waals surface area contributed by atoms with Gasteiger partial charge in [0.25, 0.3) is 5.91 Å². The molecule has 0 aliphatic heterocycles. The maximum Gasteiger partial charge on any atom is 0.251 e. The monoisotopic (exact) mass is 347 g/mol. The molecule has 0 unspecified atom stereocenters. The molecule has 1 rings (SSSR count). The number of alkyl halides is 1. The van der Waals surface area contributed by atoms with Crippen molar-refractivity contribution in [2.24, 2.45) is 0 Å². The summed E-state index contributed by atoms with van der Waals surface area (Å²) in [6.45, 7) is 3.32. The number of halogens is 1. The molecule has 1 aromatic carbocycles. The molecule has 3 nitrogen and oxygen atoms in total. The Labute approximate surface area is 116 Å². The molecule has 0 aliphatic carbocycles. The van der Waals surface area contributed by atoms with Crippen LogP contribution in [0, 0.1) is 0 Å². The Balaban J connectivity index is 2.40. The molecule has 4 heteroatoms. The smallest absolute Gasteiger partial charge is 0.251 e. The van der Waals surface area contributed by atoms with Gasteiger partial charge >= 0.3 is 0 Å². The Morgan fingerprint density at radius 3 is 2.59 bits per heavy atom. The summed E-state index contributed by atoms with van der Waals surface area (Å²) in [5.41, 5.74) is 0.683. The van der Waals surface area contributed by atoms with Crippen LogP contribution in [0.5, 0.6) is 5.75 Å². The van der Waals surface area contributed by atoms with Crippen LogP contribution in [0.3, 0.4) is 0 Å². The zero-order valence-electron chi connectivity index (χ0n) is 10.0. The highest BCUT2D eigenvalue weighted by molar-refractivity contribution is 14.1. The molecule has 0 bridgehead atoms. The first-order chi connectivity index (χ1) is 8.27. The number of carbonyl (C=O) groups excluding carboxylic acids is 1. The second-order valence-corrected chi connectivity index (χ2v) is 4.69. The fourth-order valence-corrected chi connectivity index (χ4v) is 1.93. The third-order valence-corrected chi connectivity index (χ3v) is 3.04. The lowest BCUT2D eigenvalue weighted by molar-refractivity contribution is 0.0953. The van der Waals surface area contributed by atoms with Crippen LogP contribution in [-0.2, 0) is 0 Å². The van der Waals surface area contributed by atoms with Crippen molar-refractivity contribution in [2.75, 3.05) is 17.6 Å². The van der Waals surface area contributed by atoms with Crippen molar-refractivity contribution in [1.82, 2.24) is 5.32 Å². The van der Waals surface area contributed by atoms with Gasteiger partial charge in [-0.25, -0.2) is 0 Å². The van der Waals surface area contributed by atoms with Crippen molar-refractivity contribution in [3.05, 3.63) is 29.8 Å². The molecule has 1 N–H and O–H groups in total. The number of hydrogen-bond donors (Lipinski definition) is 1. The molecule has 0 spiro atoms. The highest BCUT2D eigenvalue weighted by Crippen LogP contribution is 2.11. The van der Waals surface area contributed by atoms with E-state index in [4.69, 9.17) is 4.74 Å². The molecule has 0 radical (unpaired) electrons. The Morgan fingerprint density at radius 1 is 1.29 bits per heavy atom. The Morgan fingerprint density at radius 2 is 2.00 bits per heavy atom. The van der Waals surface area contributed by atoms with Crippen LogP contribution in [0.25, 0.3) is 0 Å². The van der Waals surface area contributed by atoms with Gasteiger partial charge in [-0.3, -0.25) is 4.79 Å². The molecule has 0 atom stereocenters. The van der Waals surface area contributed by atoms with Gasteiger partial charge in [-0.1, -0.05) is 22.6 Å². The van der Waals surface area contributed by atoms with Crippen molar-refractivity contribution >= 4 is 28.5 Å². The molecule has 17 heavy (non-hydrogen) atoms. The Bertz CT molecular complexity index is 338. The lowest BCUT2D eigenvalue weighted by Gasteiger charge is -2.06. The average Bonchev–Trinajstić information content (AvgIpc) is 2.36. The summed E-state index contributed by atoms with van der Waals surface area (Å²) in [5, 5.41) is 2.90. The zero-order valence-corrected chi connectivity index (χ0v) is 12.2. The molecule has 0 heterocycles. The van der Waals surface area contributed by atoms with Gasteiger partial charge in [-0.2, -0.15) is 0 Å². The number of rotatable bonds is 7. The lowest BCUT2D eigenvalue weighted by atomic mass is 10.2. The van der Waals surface area contributed by atoms with Crippen molar-refractivity contribution in [3.8, 4) is 5.75 Å². The van der Waals surface area contributed by atoms with Crippen molar-refractivity contribution in [1.29, 1.82) is 0 Å². The summed E-state index contributed by atoms with van der Waals surface area (Å²) in [7, 11) is 0. The summed E-state index contributed by atoms with van der Waals surface area (Å²) >= 11 is 2.34. The highest BCUT2D eigenvalue weighted by Gasteiger charge is 2.04. The topological polar surface area (TPSA) is 38.3 Å². The quantitative estimate of drug-likeness (QED) is 0.468. The van der Waals surface area contributed by atoms with E-state index in [-0.39, 0.29) is 5.91 Å². The van der Waals surface area contributed by atoms with E-state index in [0.29, 0.717) is 12.2 Å². The van der Waals surface area contributed by atoms with Gasteiger partial charge in [0.2, 0.25) is 0 Å². The molecular weight excluding hydrogens is 329 g/mol. The summed E-state index contributed by atoms with van der Waals surface area (Å²) < 4.78 is 6.46. The number of ether oxygens (including phenoxy) is 1. The van der Waals surface area contributed by atoms with Gasteiger partial charge in [-0.15, -0.1) is 0 Å². The summed E-state index contributed by atoms with van der Waals surface area (Å²) in [6, 6.07) is 7.23. The summed E-state index contributed by atoms with van der Waals surface area (Å²) in [6.07, 6.45) is 2.18. The molecule has 0 aliphatic rings. The zero-order chi connectivity index (χ0) is 12.5. The normalized spacial score (nSPS) is 10.0. The molecule has 0 aromatic heterocycles. The van der Waals surface area contributed by atoms with E-state index >= 15 is 0 Å². The molecule has 1 aromatic rings. The SMILES string of the molecule is CCOc1ccc(C(=O)NCCCCI)cc1. The van der Waals surface area contributed by atoms with E-state index in [9.17, 15) is 4.79 Å². The van der Waals surface area contributed by atoms with Gasteiger partial charge in [-0.05, 0) is 48.5 Å². The first kappa shape index (κ1) is 14.3. The van der Waals surface area contributed by atoms with Crippen LogP contribution in [0.4, 0.5) is 0 Å². The van der Waals surface area contributed by atoms with Gasteiger partial charge in [0.05, 0.1) is 6.61 Å². The van der Waals surface area contributed by atoms with Gasteiger partial charge in [0.15, 0.2) is 0 Å². The fraction of sp³-hybridized carbons (Fsp3) is 0.462. The van der Waals surface area contributed by atoms with E-state index in [1.54, 1.807) is 12.1 Å². The van der Waals surface area contributed by atoms with Crippen molar-refractivity contribution in [3.63, 3.8) is 0 Å². The Hall–Kier alpha value is -0.780. The molecule has 0 saturated heterocycles. The van der Waals surface area contributed by atoms with E-state index in [1.807, 2.05) is 19.1 Å². The molecule has 94 valence electrons. The predicted octanol–water partition coefficient (Wildman–Crippen LogP) is 3.03. The van der Waals surface area contributed by atoms with Gasteiger partial charge in [0.1, 0.15) is 5.75 Å². The lowest BCUT2D eigenvalue weighted by Crippen LogP contribution is -2.24. The highest BCUT2D eigenvalue weighted by atomic mass is 127. The Kier molecular flexibility index (Phi) is 7.00. The molecule has 0 saturated carbocycles. The number of carbonyl (C=O) groups is 1. The van der Waals surface area contributed by atoms with E-state index in [2.05, 4.69) is 27.9 Å². The van der Waals surface area contributed by atoms with Crippen LogP contribution < -0.4 is 10.1 Å². The minimum atomic E-state index is -0.0125. The number of unbranched alkanes of at least 4 members (excludes halogenated alkanes) is 1. The van der Waals surface area contributed by atoms with Crippen LogP contribution >= 0.6 is 22.6 Å². The van der Waals surface area contributed by atoms with Crippen LogP contribution in [0.2, 0.25) is 0 Å². The fourth-order valence-electron chi connectivity index (χ4n) is 1.39. The molecule has 1 amide bonds. The van der Waals surface area contributed by atoms with E-state index in [0.717, 1.165) is 29.6 Å². The van der Waals surface area contributed by atoms with Crippen molar-refractivity contribution in [2.45, 2.75) is 19.8 Å². The van der Waals surface area contributed by atoms with Crippen LogP contribution in [0.15, 0.2) is 24.3 Å². The number of nitrogens with one attached hydrogen (secondary N) is 1.